The number of pyridine rings is 1. The van der Waals surface area contributed by atoms with E-state index < -0.39 is 0 Å². The highest BCUT2D eigenvalue weighted by Gasteiger charge is 2.16. The summed E-state index contributed by atoms with van der Waals surface area (Å²) in [7, 11) is 0. The number of aliphatic imine (C=N–C) groups is 1. The molecule has 0 bridgehead atoms. The largest absolute Gasteiger partial charge is 0.370 e. The van der Waals surface area contributed by atoms with Gasteiger partial charge in [0.15, 0.2) is 5.96 Å². The molecule has 2 aromatic heterocycles. The van der Waals surface area contributed by atoms with E-state index in [4.69, 9.17) is 5.73 Å². The van der Waals surface area contributed by atoms with Gasteiger partial charge in [0.05, 0.1) is 6.54 Å². The minimum atomic E-state index is 0.497. The Labute approximate surface area is 159 Å². The van der Waals surface area contributed by atoms with Crippen LogP contribution in [0.3, 0.4) is 0 Å². The van der Waals surface area contributed by atoms with Crippen molar-refractivity contribution in [1.82, 2.24) is 15.2 Å². The molecule has 1 aliphatic heterocycles. The van der Waals surface area contributed by atoms with Crippen molar-refractivity contribution in [1.29, 1.82) is 0 Å². The van der Waals surface area contributed by atoms with E-state index in [0.29, 0.717) is 12.5 Å². The Hall–Kier alpha value is -2.12. The number of nitrogens with zero attached hydrogens (tertiary/aromatic N) is 4. The van der Waals surface area contributed by atoms with Crippen LogP contribution in [0.15, 0.2) is 40.8 Å². The fourth-order valence-electron chi connectivity index (χ4n) is 3.03. The Morgan fingerprint density at radius 3 is 2.88 bits per heavy atom. The summed E-state index contributed by atoms with van der Waals surface area (Å²) in [5, 5.41) is 5.28. The second-order valence-corrected chi connectivity index (χ2v) is 7.43. The normalized spacial score (nSPS) is 16.0. The molecular weight excluding hydrogens is 344 g/mol. The first kappa shape index (κ1) is 18.7. The molecule has 0 aromatic carbocycles. The lowest BCUT2D eigenvalue weighted by Crippen LogP contribution is -2.46. The lowest BCUT2D eigenvalue weighted by molar-refractivity contribution is 0.270. The van der Waals surface area contributed by atoms with Crippen molar-refractivity contribution < 1.29 is 0 Å². The summed E-state index contributed by atoms with van der Waals surface area (Å²) in [4.78, 5) is 15.2. The average molecular weight is 373 g/mol. The summed E-state index contributed by atoms with van der Waals surface area (Å²) in [5.74, 6) is 1.54. The van der Waals surface area contributed by atoms with Gasteiger partial charge in [-0.2, -0.15) is 0 Å². The van der Waals surface area contributed by atoms with Gasteiger partial charge >= 0.3 is 0 Å². The number of hydrogen-bond acceptors (Lipinski definition) is 5. The van der Waals surface area contributed by atoms with Gasteiger partial charge in [-0.15, -0.1) is 11.3 Å². The third-order valence-corrected chi connectivity index (χ3v) is 5.58. The summed E-state index contributed by atoms with van der Waals surface area (Å²) in [6.45, 7) is 8.96. The number of guanidine groups is 1. The third kappa shape index (κ3) is 5.44. The average Bonchev–Trinajstić information content (AvgIpc) is 3.20. The number of anilines is 1. The lowest BCUT2D eigenvalue weighted by Gasteiger charge is -2.34. The molecule has 7 heteroatoms. The Balaban J connectivity index is 1.48. The fraction of sp³-hybridized carbons (Fsp3) is 0.474. The van der Waals surface area contributed by atoms with Gasteiger partial charge in [0.1, 0.15) is 5.82 Å². The number of nitrogens with one attached hydrogen (secondary N) is 1. The number of aromatic nitrogens is 1. The molecule has 3 heterocycles. The van der Waals surface area contributed by atoms with Gasteiger partial charge in [-0.05, 0) is 42.1 Å². The maximum Gasteiger partial charge on any atom is 0.188 e. The molecule has 0 aliphatic carbocycles. The zero-order valence-corrected chi connectivity index (χ0v) is 16.2. The van der Waals surface area contributed by atoms with E-state index in [9.17, 15) is 0 Å². The highest BCUT2D eigenvalue weighted by Crippen LogP contribution is 2.15. The highest BCUT2D eigenvalue weighted by molar-refractivity contribution is 7.09. The molecule has 0 amide bonds. The van der Waals surface area contributed by atoms with Crippen LogP contribution in [0.2, 0.25) is 0 Å². The van der Waals surface area contributed by atoms with Crippen molar-refractivity contribution in [2.75, 3.05) is 44.2 Å². The maximum atomic E-state index is 5.98. The zero-order valence-electron chi connectivity index (χ0n) is 15.4. The second kappa shape index (κ2) is 9.54. The molecule has 26 heavy (non-hydrogen) atoms. The van der Waals surface area contributed by atoms with Crippen LogP contribution in [0.4, 0.5) is 5.82 Å². The first-order chi connectivity index (χ1) is 12.7. The molecule has 0 atom stereocenters. The molecule has 3 N–H and O–H groups in total. The van der Waals surface area contributed by atoms with Gasteiger partial charge < -0.3 is 20.9 Å². The number of likely N-dealkylation sites (N-methyl/N-ethyl adjacent to an activating group) is 1. The van der Waals surface area contributed by atoms with E-state index in [2.05, 4.69) is 55.6 Å². The fourth-order valence-corrected chi connectivity index (χ4v) is 3.73. The van der Waals surface area contributed by atoms with Crippen LogP contribution in [-0.4, -0.2) is 55.1 Å². The van der Waals surface area contributed by atoms with Gasteiger partial charge in [-0.1, -0.05) is 13.0 Å². The first-order valence-corrected chi connectivity index (χ1v) is 10.1. The van der Waals surface area contributed by atoms with Crippen molar-refractivity contribution in [3.63, 3.8) is 0 Å². The summed E-state index contributed by atoms with van der Waals surface area (Å²) >= 11 is 1.77. The monoisotopic (exact) mass is 372 g/mol. The van der Waals surface area contributed by atoms with Crippen molar-refractivity contribution in [2.24, 2.45) is 10.7 Å². The first-order valence-electron chi connectivity index (χ1n) is 9.23. The van der Waals surface area contributed by atoms with Gasteiger partial charge in [0, 0.05) is 43.8 Å². The smallest absolute Gasteiger partial charge is 0.188 e. The van der Waals surface area contributed by atoms with E-state index in [0.717, 1.165) is 57.1 Å². The molecule has 2 aromatic rings. The molecular formula is C19H28N6S. The van der Waals surface area contributed by atoms with Crippen molar-refractivity contribution in [2.45, 2.75) is 19.9 Å². The van der Waals surface area contributed by atoms with Crippen molar-refractivity contribution in [3.8, 4) is 0 Å². The van der Waals surface area contributed by atoms with Gasteiger partial charge in [0.25, 0.3) is 0 Å². The minimum absolute atomic E-state index is 0.497. The van der Waals surface area contributed by atoms with Crippen LogP contribution < -0.4 is 16.0 Å². The minimum Gasteiger partial charge on any atom is -0.370 e. The van der Waals surface area contributed by atoms with Crippen LogP contribution in [0.5, 0.6) is 0 Å². The molecule has 0 spiro atoms. The van der Waals surface area contributed by atoms with E-state index in [-0.39, 0.29) is 0 Å². The summed E-state index contributed by atoms with van der Waals surface area (Å²) in [6.07, 6.45) is 2.84. The van der Waals surface area contributed by atoms with Crippen molar-refractivity contribution >= 4 is 23.1 Å². The predicted molar refractivity (Wildman–Crippen MR) is 110 cm³/mol. The summed E-state index contributed by atoms with van der Waals surface area (Å²) in [5.41, 5.74) is 7.12. The third-order valence-electron chi connectivity index (χ3n) is 4.64. The molecule has 6 nitrogen and oxygen atoms in total. The van der Waals surface area contributed by atoms with Crippen LogP contribution in [0, 0.1) is 0 Å². The zero-order chi connectivity index (χ0) is 18.2. The topological polar surface area (TPSA) is 69.8 Å². The van der Waals surface area contributed by atoms with E-state index in [1.165, 1.54) is 4.88 Å². The van der Waals surface area contributed by atoms with E-state index >= 15 is 0 Å². The number of thiophene rings is 1. The SMILES string of the molecule is CCN1CCN(c2cc(CN=C(N)NCCc3cccs3)ccn2)CC1. The Morgan fingerprint density at radius 2 is 2.15 bits per heavy atom. The lowest BCUT2D eigenvalue weighted by atomic mass is 10.2. The number of rotatable bonds is 7. The van der Waals surface area contributed by atoms with Crippen LogP contribution in [0.1, 0.15) is 17.4 Å². The van der Waals surface area contributed by atoms with Crippen LogP contribution in [0.25, 0.3) is 0 Å². The highest BCUT2D eigenvalue weighted by atomic mass is 32.1. The summed E-state index contributed by atoms with van der Waals surface area (Å²) in [6, 6.07) is 8.34. The predicted octanol–water partition coefficient (Wildman–Crippen LogP) is 1.93. The van der Waals surface area contributed by atoms with Gasteiger partial charge in [0.2, 0.25) is 0 Å². The molecule has 0 saturated carbocycles. The molecule has 140 valence electrons. The van der Waals surface area contributed by atoms with Crippen LogP contribution >= 0.6 is 11.3 Å². The van der Waals surface area contributed by atoms with Crippen molar-refractivity contribution in [3.05, 3.63) is 46.3 Å². The summed E-state index contributed by atoms with van der Waals surface area (Å²) < 4.78 is 0. The Bertz CT molecular complexity index is 692. The quantitative estimate of drug-likeness (QED) is 0.574. The number of nitrogens with two attached hydrogens (primary N) is 1. The maximum absolute atomic E-state index is 5.98. The molecule has 0 unspecified atom stereocenters. The van der Waals surface area contributed by atoms with E-state index in [1.807, 2.05) is 12.3 Å². The second-order valence-electron chi connectivity index (χ2n) is 6.40. The van der Waals surface area contributed by atoms with Gasteiger partial charge in [-0.25, -0.2) is 9.98 Å². The Morgan fingerprint density at radius 1 is 1.31 bits per heavy atom. The Kier molecular flexibility index (Phi) is 6.85. The molecule has 1 aliphatic rings. The van der Waals surface area contributed by atoms with E-state index in [1.54, 1.807) is 11.3 Å². The van der Waals surface area contributed by atoms with Gasteiger partial charge in [-0.3, -0.25) is 0 Å². The number of hydrogen-bond donors (Lipinski definition) is 2. The molecule has 0 radical (unpaired) electrons. The molecule has 3 rings (SSSR count). The number of piperazine rings is 1. The molecule has 1 saturated heterocycles. The van der Waals surface area contributed by atoms with Crippen LogP contribution in [-0.2, 0) is 13.0 Å². The standard InChI is InChI=1S/C19H28N6S/c1-2-24-9-11-25(12-10-24)18-14-16(5-7-21-18)15-23-19(20)22-8-6-17-4-3-13-26-17/h3-5,7,13-14H,2,6,8-12,15H2,1H3,(H3,20,22,23). The molecule has 1 fully saturated rings.